The number of carbonyl (C=O) groups is 2. The van der Waals surface area contributed by atoms with Crippen LogP contribution in [0.3, 0.4) is 0 Å². The number of esters is 2. The van der Waals surface area contributed by atoms with Gasteiger partial charge in [-0.1, -0.05) is 96.8 Å². The Labute approximate surface area is 174 Å². The molecule has 0 aliphatic heterocycles. The van der Waals surface area contributed by atoms with E-state index in [4.69, 9.17) is 5.73 Å². The number of nitrogens with two attached hydrogens (primary N) is 1. The van der Waals surface area contributed by atoms with E-state index in [0.29, 0.717) is 6.42 Å². The van der Waals surface area contributed by atoms with Crippen LogP contribution in [0.15, 0.2) is 0 Å². The van der Waals surface area contributed by atoms with Crippen molar-refractivity contribution in [2.24, 2.45) is 5.73 Å². The van der Waals surface area contributed by atoms with E-state index < -0.39 is 11.9 Å². The third kappa shape index (κ3) is 21.8. The Morgan fingerprint density at radius 3 is 1.40 bits per heavy atom. The minimum atomic E-state index is -0.638. The molecule has 0 bridgehead atoms. The van der Waals surface area contributed by atoms with E-state index in [2.05, 4.69) is 11.7 Å². The number of rotatable bonds is 17. The summed E-state index contributed by atoms with van der Waals surface area (Å²) in [5, 5.41) is 0. The molecule has 25 heavy (non-hydrogen) atoms. The maximum absolute atomic E-state index is 11.2. The van der Waals surface area contributed by atoms with Gasteiger partial charge in [0.1, 0.15) is 0 Å². The second-order valence-electron chi connectivity index (χ2n) is 6.75. The summed E-state index contributed by atoms with van der Waals surface area (Å²) >= 11 is 0. The predicted octanol–water partition coefficient (Wildman–Crippen LogP) is 5.12. The number of hydrogen-bond acceptors (Lipinski definition) is 4. The fraction of sp³-hybridized carbons (Fsp3) is 0.900. The van der Waals surface area contributed by atoms with Gasteiger partial charge in [0.05, 0.1) is 6.54 Å². The Bertz CT molecular complexity index is 322. The summed E-state index contributed by atoms with van der Waals surface area (Å²) in [7, 11) is 0. The van der Waals surface area contributed by atoms with Crippen molar-refractivity contribution in [3.63, 3.8) is 0 Å². The average Bonchev–Trinajstić information content (AvgIpc) is 2.58. The van der Waals surface area contributed by atoms with Gasteiger partial charge in [0.25, 0.3) is 0 Å². The standard InChI is InChI=1S/C20H39NO3.Mg.2H/c1-2-3-4-5-6-7-8-9-10-11-12-13-14-15-16-17-19(22)24-20(23)18-21;;;/h2-18,21H2,1H3;;;/q;+2;2*-1. The minimum absolute atomic E-state index is 0. The van der Waals surface area contributed by atoms with Gasteiger partial charge >= 0.3 is 35.0 Å². The van der Waals surface area contributed by atoms with Gasteiger partial charge in [-0.25, -0.2) is 0 Å². The summed E-state index contributed by atoms with van der Waals surface area (Å²) in [6.07, 6.45) is 19.7. The van der Waals surface area contributed by atoms with E-state index >= 15 is 0 Å². The molecule has 0 aromatic carbocycles. The number of ether oxygens (including phenoxy) is 1. The molecule has 2 N–H and O–H groups in total. The van der Waals surface area contributed by atoms with Gasteiger partial charge in [-0.3, -0.25) is 9.59 Å². The minimum Gasteiger partial charge on any atom is -1.00 e. The average molecular weight is 368 g/mol. The van der Waals surface area contributed by atoms with Crippen molar-refractivity contribution < 1.29 is 17.2 Å². The van der Waals surface area contributed by atoms with Crippen molar-refractivity contribution in [1.82, 2.24) is 0 Å². The Hall–Kier alpha value is -0.134. The third-order valence-electron chi connectivity index (χ3n) is 4.38. The van der Waals surface area contributed by atoms with Gasteiger partial charge in [-0.05, 0) is 6.42 Å². The molecule has 5 heteroatoms. The van der Waals surface area contributed by atoms with E-state index in [-0.39, 0.29) is 32.5 Å². The maximum Gasteiger partial charge on any atom is 2.00 e. The Morgan fingerprint density at radius 1 is 0.680 bits per heavy atom. The molecular formula is C20H41MgNO3. The quantitative estimate of drug-likeness (QED) is 0.168. The van der Waals surface area contributed by atoms with Crippen LogP contribution in [0.25, 0.3) is 0 Å². The van der Waals surface area contributed by atoms with E-state index in [1.165, 1.54) is 77.0 Å². The molecule has 0 saturated carbocycles. The predicted molar refractivity (Wildman–Crippen MR) is 108 cm³/mol. The molecule has 4 nitrogen and oxygen atoms in total. The van der Waals surface area contributed by atoms with Crippen LogP contribution in [-0.4, -0.2) is 41.5 Å². The zero-order chi connectivity index (χ0) is 17.9. The largest absolute Gasteiger partial charge is 2.00 e. The molecule has 0 unspecified atom stereocenters. The van der Waals surface area contributed by atoms with E-state index in [0.717, 1.165) is 19.3 Å². The molecular weight excluding hydrogens is 327 g/mol. The molecule has 146 valence electrons. The van der Waals surface area contributed by atoms with Crippen LogP contribution in [0.2, 0.25) is 0 Å². The molecule has 0 spiro atoms. The summed E-state index contributed by atoms with van der Waals surface area (Å²) in [5.74, 6) is -1.08. The van der Waals surface area contributed by atoms with Gasteiger partial charge in [0.15, 0.2) is 0 Å². The van der Waals surface area contributed by atoms with E-state index in [1.54, 1.807) is 0 Å². The van der Waals surface area contributed by atoms with E-state index in [1.807, 2.05) is 0 Å². The summed E-state index contributed by atoms with van der Waals surface area (Å²) < 4.78 is 4.52. The molecule has 0 fully saturated rings. The fourth-order valence-corrected chi connectivity index (χ4v) is 2.86. The Kier molecular flexibility index (Phi) is 23.7. The van der Waals surface area contributed by atoms with Gasteiger partial charge in [0, 0.05) is 6.42 Å². The summed E-state index contributed by atoms with van der Waals surface area (Å²) in [5.41, 5.74) is 5.08. The molecule has 0 radical (unpaired) electrons. The van der Waals surface area contributed by atoms with Crippen LogP contribution in [0.1, 0.15) is 113 Å². The van der Waals surface area contributed by atoms with Gasteiger partial charge in [0.2, 0.25) is 0 Å². The first kappa shape index (κ1) is 27.1. The van der Waals surface area contributed by atoms with Crippen molar-refractivity contribution in [3.8, 4) is 0 Å². The molecule has 0 heterocycles. The molecule has 0 saturated heterocycles. The molecule has 0 atom stereocenters. The summed E-state index contributed by atoms with van der Waals surface area (Å²) in [6.45, 7) is 2.03. The summed E-state index contributed by atoms with van der Waals surface area (Å²) in [6, 6.07) is 0. The first-order chi connectivity index (χ1) is 11.7. The fourth-order valence-electron chi connectivity index (χ4n) is 2.86. The third-order valence-corrected chi connectivity index (χ3v) is 4.38. The normalized spacial score (nSPS) is 10.3. The van der Waals surface area contributed by atoms with Crippen molar-refractivity contribution in [3.05, 3.63) is 0 Å². The molecule has 0 amide bonds. The molecule has 0 aromatic rings. The molecule has 0 aliphatic carbocycles. The van der Waals surface area contributed by atoms with Crippen LogP contribution < -0.4 is 5.73 Å². The maximum atomic E-state index is 11.2. The zero-order valence-corrected chi connectivity index (χ0v) is 17.9. The van der Waals surface area contributed by atoms with Crippen molar-refractivity contribution in [2.45, 2.75) is 110 Å². The molecule has 0 aliphatic rings. The number of carbonyl (C=O) groups excluding carboxylic acids is 2. The number of hydrogen-bond donors (Lipinski definition) is 1. The van der Waals surface area contributed by atoms with E-state index in [9.17, 15) is 9.59 Å². The van der Waals surface area contributed by atoms with Gasteiger partial charge in [-0.2, -0.15) is 0 Å². The smallest absolute Gasteiger partial charge is 1.00 e. The van der Waals surface area contributed by atoms with Crippen molar-refractivity contribution >= 4 is 35.0 Å². The van der Waals surface area contributed by atoms with Crippen LogP contribution in [-0.2, 0) is 14.3 Å². The molecule has 0 rings (SSSR count). The van der Waals surface area contributed by atoms with Gasteiger partial charge < -0.3 is 13.3 Å². The van der Waals surface area contributed by atoms with Crippen LogP contribution >= 0.6 is 0 Å². The van der Waals surface area contributed by atoms with Crippen LogP contribution in [0.4, 0.5) is 0 Å². The van der Waals surface area contributed by atoms with Crippen molar-refractivity contribution in [2.75, 3.05) is 6.54 Å². The zero-order valence-electron chi connectivity index (χ0n) is 18.5. The van der Waals surface area contributed by atoms with Crippen LogP contribution in [0, 0.1) is 0 Å². The summed E-state index contributed by atoms with van der Waals surface area (Å²) in [4.78, 5) is 22.1. The Morgan fingerprint density at radius 2 is 1.04 bits per heavy atom. The monoisotopic (exact) mass is 367 g/mol. The second-order valence-corrected chi connectivity index (χ2v) is 6.75. The van der Waals surface area contributed by atoms with Crippen molar-refractivity contribution in [1.29, 1.82) is 0 Å². The van der Waals surface area contributed by atoms with Crippen LogP contribution in [0.5, 0.6) is 0 Å². The number of unbranched alkanes of at least 4 members (excludes halogenated alkanes) is 14. The SMILES string of the molecule is CCCCCCCCCCCCCCCCCC(=O)OC(=O)CN.[H-].[H-].[Mg+2]. The first-order valence-electron chi connectivity index (χ1n) is 10.1. The second kappa shape index (κ2) is 21.9. The topological polar surface area (TPSA) is 69.4 Å². The Balaban J connectivity index is -0.000000882. The first-order valence-corrected chi connectivity index (χ1v) is 10.1. The molecule has 0 aromatic heterocycles. The van der Waals surface area contributed by atoms with Gasteiger partial charge in [-0.15, -0.1) is 0 Å².